The molecule has 1 aromatic carbocycles. The summed E-state index contributed by atoms with van der Waals surface area (Å²) in [6.07, 6.45) is 4.63. The molecule has 1 saturated carbocycles. The third-order valence-electron chi connectivity index (χ3n) is 3.90. The van der Waals surface area contributed by atoms with Crippen molar-refractivity contribution in [2.45, 2.75) is 44.6 Å². The first kappa shape index (κ1) is 20.2. The number of esters is 1. The molecule has 0 unspecified atom stereocenters. The fourth-order valence-corrected chi connectivity index (χ4v) is 3.01. The highest BCUT2D eigenvalue weighted by Gasteiger charge is 2.18. The molecule has 1 fully saturated rings. The fraction of sp³-hybridized carbons (Fsp3) is 0.500. The number of amides is 3. The molecule has 0 radical (unpaired) electrons. The first-order chi connectivity index (χ1) is 12.5. The van der Waals surface area contributed by atoms with Crippen molar-refractivity contribution in [3.05, 3.63) is 28.7 Å². The Hall–Kier alpha value is -2.09. The van der Waals surface area contributed by atoms with Gasteiger partial charge < -0.3 is 14.8 Å². The zero-order valence-electron chi connectivity index (χ0n) is 14.5. The van der Waals surface area contributed by atoms with E-state index < -0.39 is 24.5 Å². The summed E-state index contributed by atoms with van der Waals surface area (Å²) in [5.41, 5.74) is 0. The van der Waals surface area contributed by atoms with Crippen molar-refractivity contribution < 1.29 is 23.9 Å². The van der Waals surface area contributed by atoms with Gasteiger partial charge in [0.15, 0.2) is 6.61 Å². The summed E-state index contributed by atoms with van der Waals surface area (Å²) in [5, 5.41) is 4.89. The van der Waals surface area contributed by atoms with Crippen LogP contribution in [0.3, 0.4) is 0 Å². The van der Waals surface area contributed by atoms with Gasteiger partial charge >= 0.3 is 12.0 Å². The van der Waals surface area contributed by atoms with Gasteiger partial charge in [0.05, 0.1) is 6.61 Å². The second-order valence-electron chi connectivity index (χ2n) is 6.07. The van der Waals surface area contributed by atoms with Gasteiger partial charge in [0.1, 0.15) is 5.75 Å². The molecule has 1 aliphatic rings. The van der Waals surface area contributed by atoms with Crippen LogP contribution in [0.1, 0.15) is 38.5 Å². The highest BCUT2D eigenvalue weighted by molar-refractivity contribution is 9.10. The number of carbonyl (C=O) groups is 3. The largest absolute Gasteiger partial charge is 0.494 e. The maximum Gasteiger partial charge on any atom is 0.321 e. The van der Waals surface area contributed by atoms with Gasteiger partial charge in [-0.1, -0.05) is 34.8 Å². The fourth-order valence-electron chi connectivity index (χ4n) is 2.64. The molecule has 26 heavy (non-hydrogen) atoms. The Kier molecular flexibility index (Phi) is 8.40. The average molecular weight is 427 g/mol. The van der Waals surface area contributed by atoms with E-state index in [0.29, 0.717) is 18.8 Å². The van der Waals surface area contributed by atoms with Crippen LogP contribution in [0.15, 0.2) is 28.7 Å². The Labute approximate surface area is 160 Å². The van der Waals surface area contributed by atoms with E-state index in [0.717, 1.165) is 30.2 Å². The topological polar surface area (TPSA) is 93.7 Å². The predicted octanol–water partition coefficient (Wildman–Crippen LogP) is 2.92. The maximum absolute atomic E-state index is 11.6. The molecule has 1 aromatic rings. The highest BCUT2D eigenvalue weighted by Crippen LogP contribution is 2.18. The summed E-state index contributed by atoms with van der Waals surface area (Å²) in [6.45, 7) is -0.106. The van der Waals surface area contributed by atoms with Gasteiger partial charge in [0.25, 0.3) is 5.91 Å². The molecule has 0 aromatic heterocycles. The lowest BCUT2D eigenvalue weighted by molar-refractivity contribution is -0.148. The van der Waals surface area contributed by atoms with Crippen molar-refractivity contribution in [1.29, 1.82) is 0 Å². The molecule has 7 nitrogen and oxygen atoms in total. The van der Waals surface area contributed by atoms with E-state index in [1.54, 1.807) is 0 Å². The lowest BCUT2D eigenvalue weighted by Gasteiger charge is -2.12. The molecular formula is C18H23BrN2O5. The van der Waals surface area contributed by atoms with Crippen molar-refractivity contribution in [3.8, 4) is 5.75 Å². The van der Waals surface area contributed by atoms with E-state index in [-0.39, 0.29) is 12.5 Å². The van der Waals surface area contributed by atoms with Crippen molar-refractivity contribution in [2.75, 3.05) is 13.2 Å². The first-order valence-electron chi connectivity index (χ1n) is 8.67. The number of carbonyl (C=O) groups excluding carboxylic acids is 3. The van der Waals surface area contributed by atoms with Crippen molar-refractivity contribution in [3.63, 3.8) is 0 Å². The van der Waals surface area contributed by atoms with Gasteiger partial charge in [0, 0.05) is 16.9 Å². The number of imide groups is 1. The standard InChI is InChI=1S/C18H23BrN2O5/c19-13-5-3-8-15(11-13)25-10-4-9-17(23)26-12-16(22)21-18(24)20-14-6-1-2-7-14/h3,5,8,11,14H,1-2,4,6-7,9-10,12H2,(H2,20,21,22,24). The Morgan fingerprint density at radius 2 is 1.96 bits per heavy atom. The Morgan fingerprint density at radius 3 is 2.69 bits per heavy atom. The van der Waals surface area contributed by atoms with Crippen LogP contribution in [0.2, 0.25) is 0 Å². The number of ether oxygens (including phenoxy) is 2. The molecule has 8 heteroatoms. The maximum atomic E-state index is 11.6. The van der Waals surface area contributed by atoms with Gasteiger partial charge in [-0.25, -0.2) is 4.79 Å². The van der Waals surface area contributed by atoms with E-state index in [4.69, 9.17) is 9.47 Å². The van der Waals surface area contributed by atoms with Gasteiger partial charge in [-0.2, -0.15) is 0 Å². The summed E-state index contributed by atoms with van der Waals surface area (Å²) >= 11 is 3.35. The number of rotatable bonds is 8. The Balaban J connectivity index is 1.53. The smallest absolute Gasteiger partial charge is 0.321 e. The van der Waals surface area contributed by atoms with Crippen molar-refractivity contribution >= 4 is 33.8 Å². The van der Waals surface area contributed by atoms with Gasteiger partial charge in [-0.3, -0.25) is 14.9 Å². The summed E-state index contributed by atoms with van der Waals surface area (Å²) < 4.78 is 11.3. The van der Waals surface area contributed by atoms with Gasteiger partial charge in [0.2, 0.25) is 0 Å². The Bertz CT molecular complexity index is 632. The van der Waals surface area contributed by atoms with E-state index in [2.05, 4.69) is 26.6 Å². The zero-order valence-corrected chi connectivity index (χ0v) is 16.0. The first-order valence-corrected chi connectivity index (χ1v) is 9.46. The quantitative estimate of drug-likeness (QED) is 0.492. The molecule has 3 amide bonds. The zero-order chi connectivity index (χ0) is 18.8. The van der Waals surface area contributed by atoms with Crippen molar-refractivity contribution in [2.24, 2.45) is 0 Å². The second kappa shape index (κ2) is 10.8. The molecule has 0 aliphatic heterocycles. The lowest BCUT2D eigenvalue weighted by Crippen LogP contribution is -2.44. The third-order valence-corrected chi connectivity index (χ3v) is 4.39. The monoisotopic (exact) mass is 426 g/mol. The van der Waals surface area contributed by atoms with Crippen LogP contribution in [-0.4, -0.2) is 37.2 Å². The van der Waals surface area contributed by atoms with Gasteiger partial charge in [-0.15, -0.1) is 0 Å². The number of hydrogen-bond acceptors (Lipinski definition) is 5. The van der Waals surface area contributed by atoms with Crippen LogP contribution < -0.4 is 15.4 Å². The minimum atomic E-state index is -0.640. The van der Waals surface area contributed by atoms with Gasteiger partial charge in [-0.05, 0) is 37.5 Å². The molecule has 0 bridgehead atoms. The third kappa shape index (κ3) is 7.86. The number of halogens is 1. The number of benzene rings is 1. The van der Waals surface area contributed by atoms with Crippen LogP contribution in [0, 0.1) is 0 Å². The molecule has 142 valence electrons. The van der Waals surface area contributed by atoms with E-state index >= 15 is 0 Å². The SMILES string of the molecule is O=C(COC(=O)CCCOc1cccc(Br)c1)NC(=O)NC1CCCC1. The molecule has 0 saturated heterocycles. The van der Waals surface area contributed by atoms with E-state index in [1.807, 2.05) is 24.3 Å². The minimum absolute atomic E-state index is 0.121. The molecule has 0 atom stereocenters. The summed E-state index contributed by atoms with van der Waals surface area (Å²) in [4.78, 5) is 34.8. The number of nitrogens with one attached hydrogen (secondary N) is 2. The molecule has 2 rings (SSSR count). The predicted molar refractivity (Wildman–Crippen MR) is 98.8 cm³/mol. The van der Waals surface area contributed by atoms with Crippen LogP contribution in [0.5, 0.6) is 5.75 Å². The Morgan fingerprint density at radius 1 is 1.19 bits per heavy atom. The number of urea groups is 1. The average Bonchev–Trinajstić information content (AvgIpc) is 3.10. The molecule has 2 N–H and O–H groups in total. The minimum Gasteiger partial charge on any atom is -0.494 e. The molecular weight excluding hydrogens is 404 g/mol. The van der Waals surface area contributed by atoms with Crippen LogP contribution in [0.4, 0.5) is 4.79 Å². The molecule has 0 heterocycles. The van der Waals surface area contributed by atoms with Crippen LogP contribution in [-0.2, 0) is 14.3 Å². The van der Waals surface area contributed by atoms with E-state index in [9.17, 15) is 14.4 Å². The second-order valence-corrected chi connectivity index (χ2v) is 6.99. The molecule has 0 spiro atoms. The summed E-state index contributed by atoms with van der Waals surface area (Å²) in [6, 6.07) is 6.98. The summed E-state index contributed by atoms with van der Waals surface area (Å²) in [5.74, 6) is -0.436. The van der Waals surface area contributed by atoms with Crippen LogP contribution in [0.25, 0.3) is 0 Å². The van der Waals surface area contributed by atoms with E-state index in [1.165, 1.54) is 0 Å². The molecule has 1 aliphatic carbocycles. The summed E-state index contributed by atoms with van der Waals surface area (Å²) in [7, 11) is 0. The number of hydrogen-bond donors (Lipinski definition) is 2. The highest BCUT2D eigenvalue weighted by atomic mass is 79.9. The van der Waals surface area contributed by atoms with Crippen molar-refractivity contribution in [1.82, 2.24) is 10.6 Å². The normalized spacial score (nSPS) is 13.9. The lowest BCUT2D eigenvalue weighted by atomic mass is 10.2. The van der Waals surface area contributed by atoms with Crippen LogP contribution >= 0.6 is 15.9 Å².